The quantitative estimate of drug-likeness (QED) is 0.855. The molecule has 0 unspecified atom stereocenters. The number of aromatic nitrogens is 2. The fourth-order valence-corrected chi connectivity index (χ4v) is 3.22. The molecule has 1 amide bonds. The Morgan fingerprint density at radius 1 is 1.26 bits per heavy atom. The van der Waals surface area contributed by atoms with Crippen molar-refractivity contribution in [1.82, 2.24) is 15.1 Å². The molecule has 1 saturated heterocycles. The molecule has 1 aromatic heterocycles. The fourth-order valence-electron chi connectivity index (χ4n) is 2.75. The van der Waals surface area contributed by atoms with Crippen LogP contribution < -0.4 is 14.2 Å². The van der Waals surface area contributed by atoms with Gasteiger partial charge in [0.25, 0.3) is 11.1 Å². The Bertz CT molecular complexity index is 699. The molecule has 2 aliphatic heterocycles. The molecule has 0 N–H and O–H groups in total. The molecule has 7 nitrogen and oxygen atoms in total. The average molecular weight is 333 g/mol. The summed E-state index contributed by atoms with van der Waals surface area (Å²) >= 11 is 1.38. The second-order valence-corrected chi connectivity index (χ2v) is 6.18. The van der Waals surface area contributed by atoms with Crippen LogP contribution in [0.1, 0.15) is 23.2 Å². The number of nitrogens with zero attached hydrogens (tertiary/aromatic N) is 3. The van der Waals surface area contributed by atoms with Gasteiger partial charge in [-0.15, -0.1) is 10.2 Å². The minimum absolute atomic E-state index is 0.0117. The van der Waals surface area contributed by atoms with E-state index in [2.05, 4.69) is 10.2 Å². The van der Waals surface area contributed by atoms with Gasteiger partial charge in [-0.3, -0.25) is 4.79 Å². The molecule has 0 atom stereocenters. The van der Waals surface area contributed by atoms with Crippen LogP contribution in [0.4, 0.5) is 0 Å². The van der Waals surface area contributed by atoms with E-state index in [9.17, 15) is 4.79 Å². The number of rotatable bonds is 3. The number of piperidine rings is 1. The van der Waals surface area contributed by atoms with Crippen molar-refractivity contribution in [2.45, 2.75) is 18.9 Å². The highest BCUT2D eigenvalue weighted by atomic mass is 32.1. The van der Waals surface area contributed by atoms with Crippen molar-refractivity contribution in [2.24, 2.45) is 0 Å². The highest BCUT2D eigenvalue weighted by Gasteiger charge is 2.26. The first-order valence-corrected chi connectivity index (χ1v) is 8.29. The Morgan fingerprint density at radius 3 is 2.87 bits per heavy atom. The third-order valence-corrected chi connectivity index (χ3v) is 4.54. The fraction of sp³-hybridized carbons (Fsp3) is 0.400. The number of likely N-dealkylation sites (tertiary alicyclic amines) is 1. The number of amides is 1. The SMILES string of the molecule is O=C(c1ccc2c(c1)OCO2)N1CCC(Oc2nncs2)CC1. The van der Waals surface area contributed by atoms with Gasteiger partial charge in [-0.2, -0.15) is 0 Å². The molecule has 0 saturated carbocycles. The van der Waals surface area contributed by atoms with Crippen molar-refractivity contribution >= 4 is 17.2 Å². The summed E-state index contributed by atoms with van der Waals surface area (Å²) in [6.45, 7) is 1.54. The van der Waals surface area contributed by atoms with Gasteiger partial charge in [-0.25, -0.2) is 0 Å². The summed E-state index contributed by atoms with van der Waals surface area (Å²) in [4.78, 5) is 14.4. The van der Waals surface area contributed by atoms with E-state index >= 15 is 0 Å². The van der Waals surface area contributed by atoms with Gasteiger partial charge in [0.1, 0.15) is 11.6 Å². The zero-order valence-electron chi connectivity index (χ0n) is 12.3. The maximum absolute atomic E-state index is 12.6. The lowest BCUT2D eigenvalue weighted by Gasteiger charge is -2.31. The van der Waals surface area contributed by atoms with E-state index in [0.717, 1.165) is 12.8 Å². The van der Waals surface area contributed by atoms with Crippen molar-refractivity contribution in [3.05, 3.63) is 29.3 Å². The van der Waals surface area contributed by atoms with Crippen LogP contribution in [0, 0.1) is 0 Å². The van der Waals surface area contributed by atoms with Crippen molar-refractivity contribution in [2.75, 3.05) is 19.9 Å². The van der Waals surface area contributed by atoms with Crippen LogP contribution in [-0.4, -0.2) is 47.0 Å². The lowest BCUT2D eigenvalue weighted by molar-refractivity contribution is 0.0593. The largest absolute Gasteiger partial charge is 0.465 e. The molecule has 0 bridgehead atoms. The molecule has 2 aromatic rings. The van der Waals surface area contributed by atoms with Crippen LogP contribution in [0.5, 0.6) is 16.7 Å². The van der Waals surface area contributed by atoms with Gasteiger partial charge < -0.3 is 19.1 Å². The molecule has 3 heterocycles. The Morgan fingerprint density at radius 2 is 2.09 bits per heavy atom. The van der Waals surface area contributed by atoms with E-state index < -0.39 is 0 Å². The molecule has 2 aliphatic rings. The van der Waals surface area contributed by atoms with Crippen molar-refractivity contribution in [3.63, 3.8) is 0 Å². The third-order valence-electron chi connectivity index (χ3n) is 3.96. The number of hydrogen-bond acceptors (Lipinski definition) is 7. The van der Waals surface area contributed by atoms with Crippen molar-refractivity contribution < 1.29 is 19.0 Å². The topological polar surface area (TPSA) is 73.8 Å². The highest BCUT2D eigenvalue weighted by Crippen LogP contribution is 2.33. The maximum Gasteiger partial charge on any atom is 0.294 e. The average Bonchev–Trinajstić information content (AvgIpc) is 3.25. The van der Waals surface area contributed by atoms with Crippen LogP contribution in [-0.2, 0) is 0 Å². The van der Waals surface area contributed by atoms with Crippen LogP contribution in [0.25, 0.3) is 0 Å². The molecule has 1 aromatic carbocycles. The molecular formula is C15H15N3O4S. The number of ether oxygens (including phenoxy) is 3. The zero-order valence-corrected chi connectivity index (χ0v) is 13.1. The van der Waals surface area contributed by atoms with Crippen molar-refractivity contribution in [3.8, 4) is 16.7 Å². The molecule has 1 fully saturated rings. The smallest absolute Gasteiger partial charge is 0.294 e. The molecular weight excluding hydrogens is 318 g/mol. The van der Waals surface area contributed by atoms with E-state index in [1.54, 1.807) is 23.7 Å². The van der Waals surface area contributed by atoms with Gasteiger partial charge in [-0.1, -0.05) is 11.3 Å². The first-order valence-electron chi connectivity index (χ1n) is 7.41. The normalized spacial score (nSPS) is 17.3. The minimum atomic E-state index is 0.0117. The van der Waals surface area contributed by atoms with Gasteiger partial charge in [0.2, 0.25) is 6.79 Å². The molecule has 0 spiro atoms. The monoisotopic (exact) mass is 333 g/mol. The number of hydrogen-bond donors (Lipinski definition) is 0. The van der Waals surface area contributed by atoms with Crippen LogP contribution in [0.3, 0.4) is 0 Å². The molecule has 0 aliphatic carbocycles. The van der Waals surface area contributed by atoms with Gasteiger partial charge >= 0.3 is 0 Å². The van der Waals surface area contributed by atoms with Crippen LogP contribution in [0.15, 0.2) is 23.7 Å². The molecule has 120 valence electrons. The summed E-state index contributed by atoms with van der Waals surface area (Å²) in [6, 6.07) is 5.30. The summed E-state index contributed by atoms with van der Waals surface area (Å²) in [6.07, 6.45) is 1.66. The lowest BCUT2D eigenvalue weighted by atomic mass is 10.1. The minimum Gasteiger partial charge on any atom is -0.465 e. The summed E-state index contributed by atoms with van der Waals surface area (Å²) in [5.74, 6) is 1.33. The predicted octanol–water partition coefficient (Wildman–Crippen LogP) is 1.95. The van der Waals surface area contributed by atoms with E-state index in [1.165, 1.54) is 11.3 Å². The van der Waals surface area contributed by atoms with Crippen LogP contribution in [0.2, 0.25) is 0 Å². The first kappa shape index (κ1) is 14.3. The lowest BCUT2D eigenvalue weighted by Crippen LogP contribution is -2.41. The number of carbonyl (C=O) groups is 1. The summed E-state index contributed by atoms with van der Waals surface area (Å²) in [5, 5.41) is 8.23. The van der Waals surface area contributed by atoms with Gasteiger partial charge in [-0.05, 0) is 18.2 Å². The Hall–Kier alpha value is -2.35. The van der Waals surface area contributed by atoms with Gasteiger partial charge in [0, 0.05) is 31.5 Å². The number of benzene rings is 1. The predicted molar refractivity (Wildman–Crippen MR) is 82.0 cm³/mol. The van der Waals surface area contributed by atoms with Crippen LogP contribution >= 0.6 is 11.3 Å². The Labute approximate surface area is 136 Å². The number of fused-ring (bicyclic) bond motifs is 1. The first-order chi connectivity index (χ1) is 11.3. The second-order valence-electron chi connectivity index (χ2n) is 5.38. The molecule has 23 heavy (non-hydrogen) atoms. The Kier molecular flexibility index (Phi) is 3.74. The van der Waals surface area contributed by atoms with Gasteiger partial charge in [0.15, 0.2) is 11.5 Å². The summed E-state index contributed by atoms with van der Waals surface area (Å²) in [7, 11) is 0. The molecule has 0 radical (unpaired) electrons. The van der Waals surface area contributed by atoms with Gasteiger partial charge in [0.05, 0.1) is 0 Å². The van der Waals surface area contributed by atoms with E-state index in [0.29, 0.717) is 35.3 Å². The molecule has 8 heteroatoms. The van der Waals surface area contributed by atoms with Crippen molar-refractivity contribution in [1.29, 1.82) is 0 Å². The third kappa shape index (κ3) is 2.94. The zero-order chi connectivity index (χ0) is 15.6. The Balaban J connectivity index is 1.37. The van der Waals surface area contributed by atoms with E-state index in [-0.39, 0.29) is 18.8 Å². The summed E-state index contributed by atoms with van der Waals surface area (Å²) in [5.41, 5.74) is 2.27. The highest BCUT2D eigenvalue weighted by molar-refractivity contribution is 7.11. The maximum atomic E-state index is 12.6. The standard InChI is InChI=1S/C15H15N3O4S/c19-14(10-1-2-12-13(7-10)21-9-20-12)18-5-3-11(4-6-18)22-15-17-16-8-23-15/h1-2,7-8,11H,3-6,9H2. The second kappa shape index (κ2) is 6.04. The van der Waals surface area contributed by atoms with E-state index in [1.807, 2.05) is 4.90 Å². The summed E-state index contributed by atoms with van der Waals surface area (Å²) < 4.78 is 16.4. The van der Waals surface area contributed by atoms with E-state index in [4.69, 9.17) is 14.2 Å². The molecule has 4 rings (SSSR count). The number of carbonyl (C=O) groups excluding carboxylic acids is 1.